The maximum atomic E-state index is 14.1. The first kappa shape index (κ1) is 26.4. The van der Waals surface area contributed by atoms with Crippen molar-refractivity contribution in [1.29, 1.82) is 5.26 Å². The standard InChI is InChI=1S/C29H29ClFN7O2/c1-19-15-37(27-3-2-4-29(35-27)40-18-20-5-6-21(30)11-24(20)31)9-8-36(19)17-28-34-25-12-22(13-32)33-14-26(25)38(28)16-23-7-10-39-23/h2-6,11-12,14,19,23H,7-10,15-18H2,1H3/t19-,23-/m0/s1. The van der Waals surface area contributed by atoms with E-state index in [0.717, 1.165) is 61.9 Å². The van der Waals surface area contributed by atoms with E-state index in [0.29, 0.717) is 28.7 Å². The molecule has 9 nitrogen and oxygen atoms in total. The van der Waals surface area contributed by atoms with Gasteiger partial charge in [0.15, 0.2) is 0 Å². The molecule has 2 fully saturated rings. The number of ether oxygens (including phenoxy) is 2. The van der Waals surface area contributed by atoms with Crippen molar-refractivity contribution >= 4 is 28.5 Å². The molecule has 5 heterocycles. The summed E-state index contributed by atoms with van der Waals surface area (Å²) in [6.07, 6.45) is 2.95. The van der Waals surface area contributed by atoms with E-state index in [1.165, 1.54) is 6.07 Å². The zero-order valence-electron chi connectivity index (χ0n) is 22.1. The first-order chi connectivity index (χ1) is 19.5. The van der Waals surface area contributed by atoms with E-state index in [1.807, 2.05) is 12.1 Å². The van der Waals surface area contributed by atoms with E-state index in [-0.39, 0.29) is 18.8 Å². The minimum Gasteiger partial charge on any atom is -0.473 e. The highest BCUT2D eigenvalue weighted by Crippen LogP contribution is 2.25. The van der Waals surface area contributed by atoms with Crippen LogP contribution < -0.4 is 9.64 Å². The quantitative estimate of drug-likeness (QED) is 0.309. The number of fused-ring (bicyclic) bond motifs is 1. The van der Waals surface area contributed by atoms with Gasteiger partial charge in [-0.1, -0.05) is 23.7 Å². The third-order valence-electron chi connectivity index (χ3n) is 7.54. The summed E-state index contributed by atoms with van der Waals surface area (Å²) in [6.45, 7) is 6.88. The Morgan fingerprint density at radius 2 is 2.08 bits per heavy atom. The van der Waals surface area contributed by atoms with Gasteiger partial charge in [0.05, 0.1) is 36.4 Å². The molecule has 40 heavy (non-hydrogen) atoms. The van der Waals surface area contributed by atoms with Gasteiger partial charge < -0.3 is 18.9 Å². The van der Waals surface area contributed by atoms with Gasteiger partial charge in [0.1, 0.15) is 35.8 Å². The molecule has 11 heteroatoms. The zero-order valence-corrected chi connectivity index (χ0v) is 22.9. The summed E-state index contributed by atoms with van der Waals surface area (Å²) in [5.41, 5.74) is 2.50. The molecule has 0 amide bonds. The number of anilines is 1. The van der Waals surface area contributed by atoms with Crippen LogP contribution in [0.25, 0.3) is 11.0 Å². The van der Waals surface area contributed by atoms with Crippen LogP contribution in [0.3, 0.4) is 0 Å². The number of halogens is 2. The monoisotopic (exact) mass is 561 g/mol. The van der Waals surface area contributed by atoms with Crippen molar-refractivity contribution in [3.05, 3.63) is 76.6 Å². The summed E-state index contributed by atoms with van der Waals surface area (Å²) in [5.74, 6) is 1.82. The van der Waals surface area contributed by atoms with Gasteiger partial charge in [0.2, 0.25) is 5.88 Å². The highest BCUT2D eigenvalue weighted by molar-refractivity contribution is 6.30. The lowest BCUT2D eigenvalue weighted by atomic mass is 10.1. The maximum Gasteiger partial charge on any atom is 0.215 e. The molecule has 2 aliphatic rings. The average Bonchev–Trinajstić information content (AvgIpc) is 3.27. The number of aromatic nitrogens is 4. The molecule has 0 radical (unpaired) electrons. The second-order valence-corrected chi connectivity index (χ2v) is 10.7. The van der Waals surface area contributed by atoms with Crippen LogP contribution in [-0.4, -0.2) is 62.8 Å². The lowest BCUT2D eigenvalue weighted by Gasteiger charge is -2.40. The minimum absolute atomic E-state index is 0.0713. The van der Waals surface area contributed by atoms with Crippen LogP contribution in [0.1, 0.15) is 30.4 Å². The molecule has 0 bridgehead atoms. The Kier molecular flexibility index (Phi) is 7.52. The van der Waals surface area contributed by atoms with Crippen molar-refractivity contribution in [2.24, 2.45) is 0 Å². The van der Waals surface area contributed by atoms with Crippen LogP contribution in [-0.2, 0) is 24.4 Å². The van der Waals surface area contributed by atoms with E-state index in [2.05, 4.69) is 37.3 Å². The predicted octanol–water partition coefficient (Wildman–Crippen LogP) is 4.57. The van der Waals surface area contributed by atoms with E-state index >= 15 is 0 Å². The molecule has 206 valence electrons. The molecule has 2 aliphatic heterocycles. The molecular weight excluding hydrogens is 533 g/mol. The van der Waals surface area contributed by atoms with Gasteiger partial charge in [-0.05, 0) is 31.5 Å². The van der Waals surface area contributed by atoms with Gasteiger partial charge in [-0.2, -0.15) is 10.2 Å². The number of rotatable bonds is 8. The van der Waals surface area contributed by atoms with E-state index < -0.39 is 5.82 Å². The zero-order chi connectivity index (χ0) is 27.6. The van der Waals surface area contributed by atoms with E-state index in [1.54, 1.807) is 30.5 Å². The normalized spacial score (nSPS) is 19.4. The summed E-state index contributed by atoms with van der Waals surface area (Å²) >= 11 is 5.85. The fraction of sp³-hybridized carbons (Fsp3) is 0.379. The Morgan fingerprint density at radius 1 is 1.20 bits per heavy atom. The van der Waals surface area contributed by atoms with Gasteiger partial charge in [-0.3, -0.25) is 4.90 Å². The number of benzene rings is 1. The molecule has 1 aromatic carbocycles. The van der Waals surface area contributed by atoms with Gasteiger partial charge >= 0.3 is 0 Å². The second-order valence-electron chi connectivity index (χ2n) is 10.2. The number of nitriles is 1. The summed E-state index contributed by atoms with van der Waals surface area (Å²) in [5, 5.41) is 9.64. The first-order valence-corrected chi connectivity index (χ1v) is 13.7. The molecule has 0 unspecified atom stereocenters. The number of nitrogens with zero attached hydrogens (tertiary/aromatic N) is 7. The Balaban J connectivity index is 1.13. The van der Waals surface area contributed by atoms with Crippen molar-refractivity contribution in [3.8, 4) is 11.9 Å². The lowest BCUT2D eigenvalue weighted by Crippen LogP contribution is -2.52. The fourth-order valence-electron chi connectivity index (χ4n) is 5.16. The highest BCUT2D eigenvalue weighted by atomic mass is 35.5. The van der Waals surface area contributed by atoms with Crippen LogP contribution in [0.2, 0.25) is 5.02 Å². The molecule has 0 spiro atoms. The van der Waals surface area contributed by atoms with E-state index in [4.69, 9.17) is 26.1 Å². The minimum atomic E-state index is -0.399. The van der Waals surface area contributed by atoms with Crippen LogP contribution in [0.5, 0.6) is 5.88 Å². The van der Waals surface area contributed by atoms with Crippen molar-refractivity contribution in [2.45, 2.75) is 45.2 Å². The summed E-state index contributed by atoms with van der Waals surface area (Å²) in [4.78, 5) is 18.5. The number of piperazine rings is 1. The highest BCUT2D eigenvalue weighted by Gasteiger charge is 2.28. The van der Waals surface area contributed by atoms with Crippen molar-refractivity contribution in [2.75, 3.05) is 31.1 Å². The topological polar surface area (TPSA) is 92.3 Å². The third-order valence-corrected chi connectivity index (χ3v) is 7.78. The van der Waals surface area contributed by atoms with Crippen molar-refractivity contribution < 1.29 is 13.9 Å². The molecule has 3 aromatic heterocycles. The Morgan fingerprint density at radius 3 is 2.83 bits per heavy atom. The number of hydrogen-bond acceptors (Lipinski definition) is 8. The van der Waals surface area contributed by atoms with Crippen molar-refractivity contribution in [1.82, 2.24) is 24.4 Å². The largest absolute Gasteiger partial charge is 0.473 e. The Bertz CT molecular complexity index is 1570. The van der Waals surface area contributed by atoms with Crippen LogP contribution in [0, 0.1) is 17.1 Å². The molecular formula is C29H29ClFN7O2. The van der Waals surface area contributed by atoms with Crippen LogP contribution >= 0.6 is 11.6 Å². The summed E-state index contributed by atoms with van der Waals surface area (Å²) in [6, 6.07) is 14.3. The summed E-state index contributed by atoms with van der Waals surface area (Å²) in [7, 11) is 0. The third kappa shape index (κ3) is 5.59. The molecule has 0 saturated carbocycles. The van der Waals surface area contributed by atoms with Gasteiger partial charge in [-0.15, -0.1) is 0 Å². The van der Waals surface area contributed by atoms with Crippen LogP contribution in [0.4, 0.5) is 10.2 Å². The number of hydrogen-bond donors (Lipinski definition) is 0. The Hall–Kier alpha value is -3.78. The molecule has 6 rings (SSSR count). The van der Waals surface area contributed by atoms with E-state index in [9.17, 15) is 9.65 Å². The van der Waals surface area contributed by atoms with Gasteiger partial charge in [0.25, 0.3) is 0 Å². The second kappa shape index (κ2) is 11.4. The molecule has 2 atom stereocenters. The fourth-order valence-corrected chi connectivity index (χ4v) is 5.32. The lowest BCUT2D eigenvalue weighted by molar-refractivity contribution is -0.0592. The summed E-state index contributed by atoms with van der Waals surface area (Å²) < 4.78 is 27.8. The molecule has 2 saturated heterocycles. The van der Waals surface area contributed by atoms with Gasteiger partial charge in [-0.25, -0.2) is 14.4 Å². The smallest absolute Gasteiger partial charge is 0.215 e. The average molecular weight is 562 g/mol. The molecule has 0 N–H and O–H groups in total. The predicted molar refractivity (Wildman–Crippen MR) is 149 cm³/mol. The van der Waals surface area contributed by atoms with Crippen LogP contribution in [0.15, 0.2) is 48.7 Å². The Labute approximate surface area is 236 Å². The first-order valence-electron chi connectivity index (χ1n) is 13.4. The molecule has 4 aromatic rings. The molecule has 0 aliphatic carbocycles. The SMILES string of the molecule is C[C@H]1CN(c2cccc(OCc3ccc(Cl)cc3F)n2)CCN1Cc1nc2cc(C#N)ncc2n1C[C@@H]1CCO1. The maximum absolute atomic E-state index is 14.1. The van der Waals surface area contributed by atoms with Gasteiger partial charge in [0, 0.05) is 55.0 Å². The number of imidazole rings is 1. The number of pyridine rings is 2. The van der Waals surface area contributed by atoms with Crippen molar-refractivity contribution in [3.63, 3.8) is 0 Å².